The second kappa shape index (κ2) is 4.70. The van der Waals surface area contributed by atoms with Gasteiger partial charge in [-0.25, -0.2) is 0 Å². The molecule has 1 nitrogen and oxygen atoms in total. The zero-order valence-corrected chi connectivity index (χ0v) is 3.85. The Morgan fingerprint density at radius 3 is 2.50 bits per heavy atom. The second-order valence-corrected chi connectivity index (χ2v) is 0.800. The van der Waals surface area contributed by atoms with Gasteiger partial charge in [-0.05, 0) is 6.92 Å². The molecule has 6 heavy (non-hydrogen) atoms. The summed E-state index contributed by atoms with van der Waals surface area (Å²) >= 11 is 0. The van der Waals surface area contributed by atoms with Crippen LogP contribution in [0.25, 0.3) is 0 Å². The Hall–Kier alpha value is -0.300. The van der Waals surface area contributed by atoms with Crippen molar-refractivity contribution in [3.63, 3.8) is 0 Å². The van der Waals surface area contributed by atoms with Crippen LogP contribution in [0.3, 0.4) is 0 Å². The minimum Gasteiger partial charge on any atom is -0.374 e. The molecule has 34 valence electrons. The van der Waals surface area contributed by atoms with Crippen LogP contribution in [-0.4, -0.2) is 7.11 Å². The predicted molar refractivity (Wildman–Crippen MR) is 25.8 cm³/mol. The second-order valence-electron chi connectivity index (χ2n) is 0.800. The van der Waals surface area contributed by atoms with Gasteiger partial charge in [0.15, 0.2) is 0 Å². The van der Waals surface area contributed by atoms with Crippen LogP contribution in [-0.2, 0) is 4.74 Å². The monoisotopic (exact) mass is 84.1 g/mol. The number of ether oxygens (including phenoxy) is 1. The van der Waals surface area contributed by atoms with E-state index < -0.39 is 0 Å². The van der Waals surface area contributed by atoms with Gasteiger partial charge in [0.25, 0.3) is 0 Å². The summed E-state index contributed by atoms with van der Waals surface area (Å²) in [6.45, 7) is 4.99. The summed E-state index contributed by atoms with van der Waals surface area (Å²) in [7, 11) is 1.60. The molecule has 0 aliphatic heterocycles. The summed E-state index contributed by atoms with van der Waals surface area (Å²) in [5.41, 5.74) is 0. The number of hydrogen-bond acceptors (Lipinski definition) is 1. The molecule has 0 aromatic heterocycles. The molecule has 0 amide bonds. The van der Waals surface area contributed by atoms with Crippen molar-refractivity contribution in [3.8, 4) is 0 Å². The molecule has 2 radical (unpaired) electrons. The van der Waals surface area contributed by atoms with Crippen molar-refractivity contribution in [3.05, 3.63) is 25.7 Å². The first kappa shape index (κ1) is 5.70. The van der Waals surface area contributed by atoms with Gasteiger partial charge in [-0.3, -0.25) is 0 Å². The highest BCUT2D eigenvalue weighted by molar-refractivity contribution is 4.90. The van der Waals surface area contributed by atoms with Crippen LogP contribution in [0, 0.1) is 13.5 Å². The first-order valence-electron chi connectivity index (χ1n) is 1.72. The lowest BCUT2D eigenvalue weighted by Gasteiger charge is -1.80. The average molecular weight is 84.1 g/mol. The third kappa shape index (κ3) is 3.70. The molecule has 0 spiro atoms. The van der Waals surface area contributed by atoms with E-state index in [0.29, 0.717) is 0 Å². The molecule has 0 N–H and O–H groups in total. The van der Waals surface area contributed by atoms with E-state index in [-0.39, 0.29) is 0 Å². The van der Waals surface area contributed by atoms with E-state index in [0.717, 1.165) is 0 Å². The third-order valence-electron chi connectivity index (χ3n) is 0.351. The molecule has 0 fully saturated rings. The fourth-order valence-corrected chi connectivity index (χ4v) is 0.134. The Labute approximate surface area is 38.6 Å². The third-order valence-corrected chi connectivity index (χ3v) is 0.351. The molecule has 0 unspecified atom stereocenters. The largest absolute Gasteiger partial charge is 0.374 e. The topological polar surface area (TPSA) is 9.23 Å². The molecule has 0 heterocycles. The summed E-state index contributed by atoms with van der Waals surface area (Å²) in [5.74, 6) is 0. The number of methoxy groups -OCH3 is 1. The van der Waals surface area contributed by atoms with Crippen LogP contribution in [0.15, 0.2) is 12.2 Å². The molecule has 0 saturated heterocycles. The van der Waals surface area contributed by atoms with Gasteiger partial charge in [0.2, 0.25) is 0 Å². The number of hydrogen-bond donors (Lipinski definition) is 0. The summed E-state index contributed by atoms with van der Waals surface area (Å²) in [6.07, 6.45) is 3.38. The quantitative estimate of drug-likeness (QED) is 0.488. The SMILES string of the molecule is [CH2]C=C[CH]OC. The van der Waals surface area contributed by atoms with E-state index >= 15 is 0 Å². The zero-order chi connectivity index (χ0) is 4.83. The highest BCUT2D eigenvalue weighted by atomic mass is 16.5. The summed E-state index contributed by atoms with van der Waals surface area (Å²) in [4.78, 5) is 0. The van der Waals surface area contributed by atoms with Crippen molar-refractivity contribution >= 4 is 0 Å². The van der Waals surface area contributed by atoms with E-state index in [1.54, 1.807) is 25.9 Å². The predicted octanol–water partition coefficient (Wildman–Crippen LogP) is 1.18. The molecular formula is C5H8O. The van der Waals surface area contributed by atoms with E-state index in [4.69, 9.17) is 0 Å². The molecule has 0 atom stereocenters. The summed E-state index contributed by atoms with van der Waals surface area (Å²) in [5, 5.41) is 0. The van der Waals surface area contributed by atoms with Gasteiger partial charge in [-0.2, -0.15) is 0 Å². The van der Waals surface area contributed by atoms with E-state index in [2.05, 4.69) is 11.7 Å². The van der Waals surface area contributed by atoms with Crippen molar-refractivity contribution in [1.29, 1.82) is 0 Å². The molecule has 0 aromatic carbocycles. The minimum atomic E-state index is 1.56. The highest BCUT2D eigenvalue weighted by Crippen LogP contribution is 1.76. The minimum absolute atomic E-state index is 1.56. The summed E-state index contributed by atoms with van der Waals surface area (Å²) in [6, 6.07) is 0. The zero-order valence-electron chi connectivity index (χ0n) is 3.85. The van der Waals surface area contributed by atoms with Gasteiger partial charge in [-0.1, -0.05) is 12.2 Å². The molecular weight excluding hydrogens is 76.1 g/mol. The van der Waals surface area contributed by atoms with Crippen molar-refractivity contribution in [2.75, 3.05) is 7.11 Å². The lowest BCUT2D eigenvalue weighted by Crippen LogP contribution is -1.68. The number of rotatable bonds is 2. The Morgan fingerprint density at radius 1 is 1.67 bits per heavy atom. The lowest BCUT2D eigenvalue weighted by molar-refractivity contribution is 0.296. The van der Waals surface area contributed by atoms with Crippen LogP contribution in [0.1, 0.15) is 0 Å². The first-order valence-corrected chi connectivity index (χ1v) is 1.72. The van der Waals surface area contributed by atoms with Gasteiger partial charge in [0, 0.05) is 7.11 Å². The van der Waals surface area contributed by atoms with Crippen molar-refractivity contribution in [2.45, 2.75) is 0 Å². The van der Waals surface area contributed by atoms with Crippen LogP contribution >= 0.6 is 0 Å². The standard InChI is InChI=1S/C5H8O/c1-3-4-5-6-2/h3-5H,1H2,2H3. The lowest BCUT2D eigenvalue weighted by atomic mass is 10.6. The summed E-state index contributed by atoms with van der Waals surface area (Å²) < 4.78 is 4.53. The Balaban J connectivity index is 2.66. The average Bonchev–Trinajstić information content (AvgIpc) is 1.61. The van der Waals surface area contributed by atoms with Crippen molar-refractivity contribution < 1.29 is 4.74 Å². The molecule has 0 saturated carbocycles. The highest BCUT2D eigenvalue weighted by Gasteiger charge is 1.64. The van der Waals surface area contributed by atoms with Crippen LogP contribution in [0.4, 0.5) is 0 Å². The maximum absolute atomic E-state index is 4.53. The van der Waals surface area contributed by atoms with Crippen molar-refractivity contribution in [1.82, 2.24) is 0 Å². The van der Waals surface area contributed by atoms with Gasteiger partial charge < -0.3 is 4.74 Å². The Bertz CT molecular complexity index is 39.2. The van der Waals surface area contributed by atoms with Gasteiger partial charge in [0.05, 0.1) is 0 Å². The number of allylic oxidation sites excluding steroid dienone is 1. The van der Waals surface area contributed by atoms with E-state index in [9.17, 15) is 0 Å². The molecule has 0 aromatic rings. The van der Waals surface area contributed by atoms with E-state index in [1.807, 2.05) is 0 Å². The van der Waals surface area contributed by atoms with Crippen molar-refractivity contribution in [2.24, 2.45) is 0 Å². The van der Waals surface area contributed by atoms with E-state index in [1.165, 1.54) is 0 Å². The van der Waals surface area contributed by atoms with Gasteiger partial charge >= 0.3 is 0 Å². The smallest absolute Gasteiger partial charge is 0.105 e. The van der Waals surface area contributed by atoms with Crippen LogP contribution in [0.2, 0.25) is 0 Å². The fourth-order valence-electron chi connectivity index (χ4n) is 0.134. The van der Waals surface area contributed by atoms with Gasteiger partial charge in [0.1, 0.15) is 6.61 Å². The Kier molecular flexibility index (Phi) is 4.46. The molecule has 0 aliphatic carbocycles. The Morgan fingerprint density at radius 2 is 2.33 bits per heavy atom. The van der Waals surface area contributed by atoms with Gasteiger partial charge in [-0.15, -0.1) is 0 Å². The molecule has 0 rings (SSSR count). The normalized spacial score (nSPS) is 10.3. The molecule has 0 aliphatic rings. The van der Waals surface area contributed by atoms with Crippen LogP contribution in [0.5, 0.6) is 0 Å². The van der Waals surface area contributed by atoms with Crippen LogP contribution < -0.4 is 0 Å². The maximum Gasteiger partial charge on any atom is 0.105 e. The first-order chi connectivity index (χ1) is 2.91. The molecule has 0 bridgehead atoms. The molecule has 1 heteroatoms. The maximum atomic E-state index is 4.53. The fraction of sp³-hybridized carbons (Fsp3) is 0.200.